The van der Waals surface area contributed by atoms with Gasteiger partial charge in [-0.1, -0.05) is 0 Å². The van der Waals surface area contributed by atoms with Crippen molar-refractivity contribution in [3.05, 3.63) is 0 Å². The van der Waals surface area contributed by atoms with E-state index in [0.29, 0.717) is 12.0 Å². The monoisotopic (exact) mass is 226 g/mol. The number of nitrogens with one attached hydrogen (secondary N) is 1. The summed E-state index contributed by atoms with van der Waals surface area (Å²) >= 11 is 0. The zero-order valence-electron chi connectivity index (χ0n) is 10.5. The van der Waals surface area contributed by atoms with Gasteiger partial charge in [-0.2, -0.15) is 0 Å². The molecule has 2 aliphatic rings. The molecule has 2 heterocycles. The molecule has 2 fully saturated rings. The van der Waals surface area contributed by atoms with Crippen LogP contribution in [0.4, 0.5) is 4.79 Å². The summed E-state index contributed by atoms with van der Waals surface area (Å²) in [7, 11) is 0. The van der Waals surface area contributed by atoms with Gasteiger partial charge >= 0.3 is 6.09 Å². The van der Waals surface area contributed by atoms with E-state index in [0.717, 1.165) is 32.5 Å². The van der Waals surface area contributed by atoms with E-state index in [1.807, 2.05) is 25.7 Å². The zero-order valence-corrected chi connectivity index (χ0v) is 10.5. The van der Waals surface area contributed by atoms with Gasteiger partial charge in [-0.15, -0.1) is 0 Å². The highest BCUT2D eigenvalue weighted by atomic mass is 16.6. The standard InChI is InChI=1S/C12H22N2O2/c1-12(2,3)16-11(15)14-8-9-6-10(14)4-5-13-7-9/h9-10,13H,4-8H2,1-3H3. The number of likely N-dealkylation sites (tertiary alicyclic amines) is 1. The molecule has 4 nitrogen and oxygen atoms in total. The molecular weight excluding hydrogens is 204 g/mol. The molecule has 2 bridgehead atoms. The maximum atomic E-state index is 12.0. The van der Waals surface area contributed by atoms with Crippen LogP contribution in [0, 0.1) is 5.92 Å². The Morgan fingerprint density at radius 1 is 1.44 bits per heavy atom. The quantitative estimate of drug-likeness (QED) is 0.682. The summed E-state index contributed by atoms with van der Waals surface area (Å²) in [6, 6.07) is 0.384. The second-order valence-electron chi connectivity index (χ2n) is 5.88. The molecule has 0 radical (unpaired) electrons. The van der Waals surface area contributed by atoms with Gasteiger partial charge in [0.25, 0.3) is 0 Å². The molecule has 0 aliphatic carbocycles. The van der Waals surface area contributed by atoms with Gasteiger partial charge in [-0.3, -0.25) is 0 Å². The maximum Gasteiger partial charge on any atom is 0.410 e. The molecule has 0 aromatic rings. The smallest absolute Gasteiger partial charge is 0.410 e. The Kier molecular flexibility index (Phi) is 3.10. The van der Waals surface area contributed by atoms with Crippen molar-refractivity contribution in [2.24, 2.45) is 5.92 Å². The van der Waals surface area contributed by atoms with Crippen LogP contribution in [-0.2, 0) is 4.74 Å². The largest absolute Gasteiger partial charge is 0.444 e. The molecule has 0 aromatic heterocycles. The van der Waals surface area contributed by atoms with E-state index in [9.17, 15) is 4.79 Å². The first-order valence-corrected chi connectivity index (χ1v) is 6.16. The minimum absolute atomic E-state index is 0.137. The fourth-order valence-corrected chi connectivity index (χ4v) is 2.55. The van der Waals surface area contributed by atoms with Crippen LogP contribution in [-0.4, -0.2) is 42.3 Å². The van der Waals surface area contributed by atoms with Gasteiger partial charge in [0.15, 0.2) is 0 Å². The normalized spacial score (nSPS) is 30.1. The summed E-state index contributed by atoms with van der Waals surface area (Å²) in [5, 5.41) is 3.41. The van der Waals surface area contributed by atoms with Crippen LogP contribution in [0.15, 0.2) is 0 Å². The third-order valence-electron chi connectivity index (χ3n) is 3.22. The Labute approximate surface area is 97.3 Å². The molecule has 0 aromatic carbocycles. The Bertz CT molecular complexity index is 273. The summed E-state index contributed by atoms with van der Waals surface area (Å²) in [4.78, 5) is 13.9. The number of fused-ring (bicyclic) bond motifs is 2. The summed E-state index contributed by atoms with van der Waals surface area (Å²) in [6.45, 7) is 8.66. The first kappa shape index (κ1) is 11.7. The number of amides is 1. The number of carbonyl (C=O) groups excluding carboxylic acids is 1. The van der Waals surface area contributed by atoms with Crippen LogP contribution in [0.1, 0.15) is 33.6 Å². The molecule has 16 heavy (non-hydrogen) atoms. The van der Waals surface area contributed by atoms with E-state index in [1.54, 1.807) is 0 Å². The summed E-state index contributed by atoms with van der Waals surface area (Å²) in [6.07, 6.45) is 2.05. The minimum Gasteiger partial charge on any atom is -0.444 e. The molecule has 2 rings (SSSR count). The summed E-state index contributed by atoms with van der Waals surface area (Å²) < 4.78 is 5.44. The van der Waals surface area contributed by atoms with E-state index in [4.69, 9.17) is 4.74 Å². The fourth-order valence-electron chi connectivity index (χ4n) is 2.55. The third kappa shape index (κ3) is 2.67. The van der Waals surface area contributed by atoms with Gasteiger partial charge in [0.2, 0.25) is 0 Å². The van der Waals surface area contributed by atoms with E-state index in [1.165, 1.54) is 0 Å². The molecule has 4 heteroatoms. The highest BCUT2D eigenvalue weighted by Gasteiger charge is 2.38. The van der Waals surface area contributed by atoms with Gasteiger partial charge < -0.3 is 15.0 Å². The molecule has 1 amide bonds. The van der Waals surface area contributed by atoms with E-state index < -0.39 is 0 Å². The fraction of sp³-hybridized carbons (Fsp3) is 0.917. The highest BCUT2D eigenvalue weighted by molar-refractivity contribution is 5.69. The first-order chi connectivity index (χ1) is 7.46. The molecule has 2 saturated heterocycles. The predicted octanol–water partition coefficient (Wildman–Crippen LogP) is 1.61. The first-order valence-electron chi connectivity index (χ1n) is 6.16. The molecular formula is C12H22N2O2. The van der Waals surface area contributed by atoms with E-state index >= 15 is 0 Å². The summed E-state index contributed by atoms with van der Waals surface area (Å²) in [5.41, 5.74) is -0.387. The zero-order chi connectivity index (χ0) is 11.8. The van der Waals surface area contributed by atoms with Gasteiger partial charge in [0.1, 0.15) is 5.60 Å². The van der Waals surface area contributed by atoms with E-state index in [-0.39, 0.29) is 11.7 Å². The van der Waals surface area contributed by atoms with Crippen molar-refractivity contribution in [2.75, 3.05) is 19.6 Å². The van der Waals surface area contributed by atoms with Gasteiger partial charge in [-0.05, 0) is 52.6 Å². The van der Waals surface area contributed by atoms with Crippen molar-refractivity contribution in [2.45, 2.75) is 45.3 Å². The van der Waals surface area contributed by atoms with Gasteiger partial charge in [0.05, 0.1) is 0 Å². The Morgan fingerprint density at radius 2 is 2.19 bits per heavy atom. The number of hydrogen-bond donors (Lipinski definition) is 1. The molecule has 92 valence electrons. The van der Waals surface area contributed by atoms with Gasteiger partial charge in [-0.25, -0.2) is 4.79 Å². The second-order valence-corrected chi connectivity index (χ2v) is 5.88. The second kappa shape index (κ2) is 4.24. The van der Waals surface area contributed by atoms with Crippen LogP contribution >= 0.6 is 0 Å². The Balaban J connectivity index is 1.97. The van der Waals surface area contributed by atoms with Crippen LogP contribution in [0.5, 0.6) is 0 Å². The van der Waals surface area contributed by atoms with Crippen LogP contribution in [0.25, 0.3) is 0 Å². The topological polar surface area (TPSA) is 41.6 Å². The lowest BCUT2D eigenvalue weighted by Crippen LogP contribution is -2.42. The molecule has 0 spiro atoms. The summed E-state index contributed by atoms with van der Waals surface area (Å²) in [5.74, 6) is 0.611. The third-order valence-corrected chi connectivity index (χ3v) is 3.22. The van der Waals surface area contributed by atoms with Crippen molar-refractivity contribution < 1.29 is 9.53 Å². The van der Waals surface area contributed by atoms with Crippen LogP contribution < -0.4 is 5.32 Å². The SMILES string of the molecule is CC(C)(C)OC(=O)N1CC2CNCCC1C2. The average molecular weight is 226 g/mol. The molecule has 2 atom stereocenters. The molecule has 1 N–H and O–H groups in total. The van der Waals surface area contributed by atoms with E-state index in [2.05, 4.69) is 5.32 Å². The Morgan fingerprint density at radius 3 is 2.88 bits per heavy atom. The highest BCUT2D eigenvalue weighted by Crippen LogP contribution is 2.28. The van der Waals surface area contributed by atoms with Crippen molar-refractivity contribution in [1.29, 1.82) is 0 Å². The van der Waals surface area contributed by atoms with Crippen LogP contribution in [0.2, 0.25) is 0 Å². The van der Waals surface area contributed by atoms with Crippen molar-refractivity contribution >= 4 is 6.09 Å². The average Bonchev–Trinajstić information content (AvgIpc) is 2.35. The Hall–Kier alpha value is -0.770. The number of ether oxygens (including phenoxy) is 1. The van der Waals surface area contributed by atoms with Gasteiger partial charge in [0, 0.05) is 12.6 Å². The number of carbonyl (C=O) groups is 1. The van der Waals surface area contributed by atoms with Crippen molar-refractivity contribution in [3.63, 3.8) is 0 Å². The molecule has 2 aliphatic heterocycles. The van der Waals surface area contributed by atoms with Crippen molar-refractivity contribution in [1.82, 2.24) is 10.2 Å². The maximum absolute atomic E-state index is 12.0. The lowest BCUT2D eigenvalue weighted by atomic mass is 10.1. The molecule has 0 saturated carbocycles. The number of hydrogen-bond acceptors (Lipinski definition) is 3. The van der Waals surface area contributed by atoms with Crippen molar-refractivity contribution in [3.8, 4) is 0 Å². The number of rotatable bonds is 0. The predicted molar refractivity (Wildman–Crippen MR) is 62.3 cm³/mol. The minimum atomic E-state index is -0.387. The lowest BCUT2D eigenvalue weighted by molar-refractivity contribution is 0.0211. The lowest BCUT2D eigenvalue weighted by Gasteiger charge is -2.29. The van der Waals surface area contributed by atoms with Crippen LogP contribution in [0.3, 0.4) is 0 Å². The number of nitrogens with zero attached hydrogens (tertiary/aromatic N) is 1. The molecule has 2 unspecified atom stereocenters.